The molecule has 0 aliphatic carbocycles. The third-order valence-electron chi connectivity index (χ3n) is 11.4. The van der Waals surface area contributed by atoms with Gasteiger partial charge in [-0.1, -0.05) is 194 Å². The van der Waals surface area contributed by atoms with Gasteiger partial charge in [0.1, 0.15) is 23.3 Å². The van der Waals surface area contributed by atoms with Crippen LogP contribution in [0.5, 0.6) is 0 Å². The molecule has 6 aromatic rings. The summed E-state index contributed by atoms with van der Waals surface area (Å²) in [6, 6.07) is 59.3. The zero-order valence-electron chi connectivity index (χ0n) is 42.1. The number of rotatable bonds is 22. The first-order valence-electron chi connectivity index (χ1n) is 24.4. The van der Waals surface area contributed by atoms with E-state index in [-0.39, 0.29) is 23.3 Å². The van der Waals surface area contributed by atoms with E-state index in [2.05, 4.69) is 94.1 Å². The van der Waals surface area contributed by atoms with Gasteiger partial charge in [-0.05, 0) is 87.8 Å². The number of benzene rings is 6. The Kier molecular flexibility index (Phi) is 19.8. The summed E-state index contributed by atoms with van der Waals surface area (Å²) in [6.07, 6.45) is 3.55. The van der Waals surface area contributed by atoms with Gasteiger partial charge < -0.3 is 30.7 Å². The Hall–Kier alpha value is -6.76. The first-order chi connectivity index (χ1) is 34.6. The molecular weight excluding hydrogens is 937 g/mol. The van der Waals surface area contributed by atoms with Crippen LogP contribution in [0.4, 0.5) is 9.59 Å². The Bertz CT molecular complexity index is 2270. The van der Waals surface area contributed by atoms with E-state index in [0.717, 1.165) is 33.4 Å². The van der Waals surface area contributed by atoms with Crippen LogP contribution in [0.25, 0.3) is 0 Å². The second-order valence-electron chi connectivity index (χ2n) is 19.2. The van der Waals surface area contributed by atoms with Gasteiger partial charge in [0.05, 0.1) is 9.49 Å². The highest BCUT2D eigenvalue weighted by molar-refractivity contribution is 8.01. The molecule has 0 aliphatic rings. The minimum absolute atomic E-state index is 0.229. The first-order valence-corrected chi connectivity index (χ1v) is 26.4. The largest absolute Gasteiger partial charge is 0.444 e. The molecule has 6 aromatic carbocycles. The molecule has 0 aliphatic heterocycles. The normalized spacial score (nSPS) is 12.8. The van der Waals surface area contributed by atoms with E-state index in [4.69, 9.17) is 9.47 Å². The van der Waals surface area contributed by atoms with Crippen molar-refractivity contribution < 1.29 is 28.7 Å². The van der Waals surface area contributed by atoms with E-state index < -0.39 is 45.0 Å². The predicted molar refractivity (Wildman–Crippen MR) is 294 cm³/mol. The van der Waals surface area contributed by atoms with Crippen LogP contribution in [0.3, 0.4) is 0 Å². The lowest BCUT2D eigenvalue weighted by Gasteiger charge is -2.36. The summed E-state index contributed by atoms with van der Waals surface area (Å²) in [5, 5.41) is 11.8. The van der Waals surface area contributed by atoms with E-state index in [1.165, 1.54) is 0 Å². The SMILES string of the molecule is CC(C)(C)OC(=O)N[C@@H](CSC(c1ccccc1)(c1ccccc1)c1ccccc1)C(=O)NCCC=CCCNC(=O)[C@H](CSC(c1ccccc1)(c1ccccc1)c1ccccc1)NC(=O)OC(C)(C)C. The van der Waals surface area contributed by atoms with Crippen molar-refractivity contribution in [2.24, 2.45) is 0 Å². The maximum absolute atomic E-state index is 14.0. The number of carbonyl (C=O) groups excluding carboxylic acids is 4. The molecule has 4 amide bonds. The third-order valence-corrected chi connectivity index (χ3v) is 14.7. The lowest BCUT2D eigenvalue weighted by Crippen LogP contribution is -2.50. The molecule has 0 spiro atoms. The Morgan fingerprint density at radius 2 is 0.653 bits per heavy atom. The van der Waals surface area contributed by atoms with Crippen LogP contribution >= 0.6 is 23.5 Å². The van der Waals surface area contributed by atoms with E-state index in [1.807, 2.05) is 121 Å². The molecule has 0 aromatic heterocycles. The molecule has 12 heteroatoms. The van der Waals surface area contributed by atoms with Crippen LogP contribution in [0.1, 0.15) is 87.8 Å². The van der Waals surface area contributed by atoms with Crippen LogP contribution in [-0.4, -0.2) is 71.9 Å². The highest BCUT2D eigenvalue weighted by Gasteiger charge is 2.40. The number of amides is 4. The minimum atomic E-state index is -0.932. The van der Waals surface area contributed by atoms with E-state index >= 15 is 0 Å². The Morgan fingerprint density at radius 1 is 0.417 bits per heavy atom. The predicted octanol–water partition coefficient (Wildman–Crippen LogP) is 11.8. The molecule has 6 rings (SSSR count). The van der Waals surface area contributed by atoms with Crippen molar-refractivity contribution in [3.63, 3.8) is 0 Å². The summed E-state index contributed by atoms with van der Waals surface area (Å²) in [6.45, 7) is 11.3. The molecule has 10 nitrogen and oxygen atoms in total. The zero-order chi connectivity index (χ0) is 51.5. The number of ether oxygens (including phenoxy) is 2. The van der Waals surface area contributed by atoms with Crippen molar-refractivity contribution in [3.8, 4) is 0 Å². The standard InChI is InChI=1S/C60H68N4O6S2/c1-57(2,3)69-55(67)63-51(43-71-59(45-29-15-9-16-30-45,46-31-17-10-18-32-46)47-33-19-11-20-34-47)53(65)61-41-27-7-8-28-42-62-54(66)52(64-56(68)70-58(4,5)6)44-72-60(48-35-21-12-22-36-48,49-37-23-13-24-38-49)50-39-25-14-26-40-50/h7-26,29-40,51-52H,27-28,41-44H2,1-6H3,(H,61,65)(H,62,66)(H,63,67)(H,64,68)/t51-,52-/m0/s1. The summed E-state index contributed by atoms with van der Waals surface area (Å²) in [7, 11) is 0. The molecular formula is C60H68N4O6S2. The monoisotopic (exact) mass is 1000 g/mol. The van der Waals surface area contributed by atoms with Gasteiger partial charge in [-0.2, -0.15) is 0 Å². The van der Waals surface area contributed by atoms with Crippen LogP contribution in [0, 0.1) is 0 Å². The Balaban J connectivity index is 1.11. The fraction of sp³-hybridized carbons (Fsp3) is 0.300. The van der Waals surface area contributed by atoms with Gasteiger partial charge in [-0.3, -0.25) is 9.59 Å². The third kappa shape index (κ3) is 15.4. The van der Waals surface area contributed by atoms with Gasteiger partial charge in [0, 0.05) is 24.6 Å². The number of hydrogen-bond acceptors (Lipinski definition) is 8. The van der Waals surface area contributed by atoms with Gasteiger partial charge in [-0.25, -0.2) is 9.59 Å². The lowest BCUT2D eigenvalue weighted by atomic mass is 9.84. The minimum Gasteiger partial charge on any atom is -0.444 e. The van der Waals surface area contributed by atoms with Gasteiger partial charge in [-0.15, -0.1) is 23.5 Å². The van der Waals surface area contributed by atoms with Crippen molar-refractivity contribution in [1.82, 2.24) is 21.3 Å². The lowest BCUT2D eigenvalue weighted by molar-refractivity contribution is -0.123. The first kappa shape index (κ1) is 54.6. The molecule has 0 heterocycles. The van der Waals surface area contributed by atoms with Crippen molar-refractivity contribution in [2.45, 2.75) is 87.2 Å². The topological polar surface area (TPSA) is 135 Å². The van der Waals surface area contributed by atoms with Gasteiger partial charge in [0.2, 0.25) is 11.8 Å². The number of carbonyl (C=O) groups is 4. The maximum atomic E-state index is 14.0. The van der Waals surface area contributed by atoms with E-state index in [1.54, 1.807) is 65.1 Å². The summed E-state index contributed by atoms with van der Waals surface area (Å²) >= 11 is 3.15. The smallest absolute Gasteiger partial charge is 0.408 e. The second kappa shape index (κ2) is 26.1. The fourth-order valence-corrected chi connectivity index (χ4v) is 11.4. The Labute approximate surface area is 434 Å². The van der Waals surface area contributed by atoms with Crippen molar-refractivity contribution in [1.29, 1.82) is 0 Å². The molecule has 0 radical (unpaired) electrons. The average Bonchev–Trinajstić information content (AvgIpc) is 3.37. The van der Waals surface area contributed by atoms with Crippen molar-refractivity contribution in [3.05, 3.63) is 228 Å². The molecule has 72 heavy (non-hydrogen) atoms. The van der Waals surface area contributed by atoms with E-state index in [0.29, 0.717) is 25.9 Å². The average molecular weight is 1010 g/mol. The molecule has 0 saturated carbocycles. The second-order valence-corrected chi connectivity index (χ2v) is 21.7. The van der Waals surface area contributed by atoms with E-state index in [9.17, 15) is 19.2 Å². The maximum Gasteiger partial charge on any atom is 0.408 e. The highest BCUT2D eigenvalue weighted by atomic mass is 32.2. The van der Waals surface area contributed by atoms with Crippen LogP contribution < -0.4 is 21.3 Å². The van der Waals surface area contributed by atoms with Gasteiger partial charge in [0.15, 0.2) is 0 Å². The zero-order valence-corrected chi connectivity index (χ0v) is 43.8. The number of thioether (sulfide) groups is 2. The summed E-state index contributed by atoms with van der Waals surface area (Å²) < 4.78 is 9.84. The van der Waals surface area contributed by atoms with Crippen LogP contribution in [-0.2, 0) is 28.6 Å². The number of nitrogens with one attached hydrogen (secondary N) is 4. The fourth-order valence-electron chi connectivity index (χ4n) is 8.26. The number of alkyl carbamates (subject to hydrolysis) is 2. The van der Waals surface area contributed by atoms with Crippen LogP contribution in [0.15, 0.2) is 194 Å². The van der Waals surface area contributed by atoms with Crippen molar-refractivity contribution in [2.75, 3.05) is 24.6 Å². The molecule has 4 N–H and O–H groups in total. The highest BCUT2D eigenvalue weighted by Crippen LogP contribution is 2.50. The molecule has 0 fully saturated rings. The summed E-state index contributed by atoms with van der Waals surface area (Å²) in [5.74, 6) is -0.218. The van der Waals surface area contributed by atoms with Gasteiger partial charge in [0.25, 0.3) is 0 Å². The Morgan fingerprint density at radius 3 is 0.875 bits per heavy atom. The molecule has 2 atom stereocenters. The molecule has 0 bridgehead atoms. The number of hydrogen-bond donors (Lipinski definition) is 4. The molecule has 0 saturated heterocycles. The molecule has 376 valence electrons. The van der Waals surface area contributed by atoms with Gasteiger partial charge >= 0.3 is 12.2 Å². The summed E-state index contributed by atoms with van der Waals surface area (Å²) in [5.41, 5.74) is 4.69. The quantitative estimate of drug-likeness (QED) is 0.0300. The summed E-state index contributed by atoms with van der Waals surface area (Å²) in [4.78, 5) is 54.6. The van der Waals surface area contributed by atoms with Crippen LogP contribution in [0.2, 0.25) is 0 Å². The molecule has 0 unspecified atom stereocenters. The van der Waals surface area contributed by atoms with Crippen molar-refractivity contribution >= 4 is 47.5 Å².